The summed E-state index contributed by atoms with van der Waals surface area (Å²) in [5, 5.41) is 21.4. The summed E-state index contributed by atoms with van der Waals surface area (Å²) in [5.41, 5.74) is 2.03. The largest absolute Gasteiger partial charge is 0.490 e. The van der Waals surface area contributed by atoms with Crippen LogP contribution < -0.4 is 5.32 Å². The van der Waals surface area contributed by atoms with E-state index >= 15 is 0 Å². The number of rotatable bonds is 7. The number of aliphatic imine (C=N–C) groups is 1. The van der Waals surface area contributed by atoms with Crippen molar-refractivity contribution < 1.29 is 42.6 Å². The van der Waals surface area contributed by atoms with Crippen LogP contribution >= 0.6 is 11.3 Å². The number of anilines is 1. The number of hydrogen-bond acceptors (Lipinski definition) is 7. The summed E-state index contributed by atoms with van der Waals surface area (Å²) >= 11 is 1.34. The highest BCUT2D eigenvalue weighted by Crippen LogP contribution is 2.26. The quantitative estimate of drug-likeness (QED) is 0.303. The summed E-state index contributed by atoms with van der Waals surface area (Å²) in [7, 11) is 1.43. The molecule has 1 aromatic carbocycles. The molecule has 3 rings (SSSR count). The van der Waals surface area contributed by atoms with Crippen LogP contribution in [0, 0.1) is 0 Å². The predicted molar refractivity (Wildman–Crippen MR) is 117 cm³/mol. The van der Waals surface area contributed by atoms with Gasteiger partial charge in [0.05, 0.1) is 10.6 Å². The fourth-order valence-corrected chi connectivity index (χ4v) is 3.71. The number of carbonyl (C=O) groups excluding carboxylic acids is 2. The van der Waals surface area contributed by atoms with Crippen molar-refractivity contribution in [3.63, 3.8) is 0 Å². The van der Waals surface area contributed by atoms with E-state index in [1.165, 1.54) is 23.9 Å². The maximum Gasteiger partial charge on any atom is 0.490 e. The lowest BCUT2D eigenvalue weighted by Gasteiger charge is -2.25. The van der Waals surface area contributed by atoms with Crippen molar-refractivity contribution in [1.82, 2.24) is 4.90 Å². The minimum absolute atomic E-state index is 0.201. The molecular formula is C21H20F3N3O6S. The number of benzene rings is 1. The van der Waals surface area contributed by atoms with Crippen LogP contribution in [0.2, 0.25) is 0 Å². The summed E-state index contributed by atoms with van der Waals surface area (Å²) < 4.78 is 31.7. The number of halogens is 3. The first kappa shape index (κ1) is 26.5. The van der Waals surface area contributed by atoms with Gasteiger partial charge in [0, 0.05) is 13.6 Å². The average molecular weight is 499 g/mol. The number of nitrogens with zero attached hydrogens (tertiary/aromatic N) is 2. The minimum atomic E-state index is -5.08. The van der Waals surface area contributed by atoms with E-state index in [0.717, 1.165) is 23.4 Å². The van der Waals surface area contributed by atoms with Crippen molar-refractivity contribution in [2.45, 2.75) is 25.1 Å². The molecule has 0 aliphatic carbocycles. The summed E-state index contributed by atoms with van der Waals surface area (Å²) in [6.07, 6.45) is -3.24. The highest BCUT2D eigenvalue weighted by Gasteiger charge is 2.40. The third-order valence-corrected chi connectivity index (χ3v) is 5.39. The Balaban J connectivity index is 0.000000509. The molecule has 9 nitrogen and oxygen atoms in total. The van der Waals surface area contributed by atoms with E-state index in [1.807, 2.05) is 29.6 Å². The van der Waals surface area contributed by atoms with Crippen molar-refractivity contribution in [1.29, 1.82) is 0 Å². The third-order valence-electron chi connectivity index (χ3n) is 4.48. The van der Waals surface area contributed by atoms with Gasteiger partial charge in [-0.25, -0.2) is 14.6 Å². The molecule has 0 saturated heterocycles. The third kappa shape index (κ3) is 6.88. The second kappa shape index (κ2) is 11.4. The average Bonchev–Trinajstić information content (AvgIpc) is 3.24. The van der Waals surface area contributed by atoms with Crippen LogP contribution in [-0.2, 0) is 25.6 Å². The van der Waals surface area contributed by atoms with Crippen LogP contribution in [0.3, 0.4) is 0 Å². The normalized spacial score (nSPS) is 15.8. The van der Waals surface area contributed by atoms with Gasteiger partial charge in [0.1, 0.15) is 0 Å². The van der Waals surface area contributed by atoms with Gasteiger partial charge in [0.2, 0.25) is 6.04 Å². The fourth-order valence-electron chi connectivity index (χ4n) is 2.81. The zero-order valence-corrected chi connectivity index (χ0v) is 18.5. The van der Waals surface area contributed by atoms with Crippen molar-refractivity contribution in [2.24, 2.45) is 4.99 Å². The van der Waals surface area contributed by atoms with Gasteiger partial charge >= 0.3 is 18.1 Å². The molecule has 13 heteroatoms. The van der Waals surface area contributed by atoms with E-state index in [1.54, 1.807) is 0 Å². The number of aryl methyl sites for hydroxylation is 1. The summed E-state index contributed by atoms with van der Waals surface area (Å²) in [6, 6.07) is 10.3. The Kier molecular flexibility index (Phi) is 8.90. The molecule has 0 fully saturated rings. The van der Waals surface area contributed by atoms with E-state index in [4.69, 9.17) is 15.0 Å². The van der Waals surface area contributed by atoms with E-state index < -0.39 is 35.8 Å². The molecule has 3 N–H and O–H groups in total. The monoisotopic (exact) mass is 499 g/mol. The maximum atomic E-state index is 12.1. The molecule has 1 amide bonds. The predicted octanol–water partition coefficient (Wildman–Crippen LogP) is 2.67. The molecule has 34 heavy (non-hydrogen) atoms. The first-order valence-corrected chi connectivity index (χ1v) is 10.6. The summed E-state index contributed by atoms with van der Waals surface area (Å²) in [6.45, 7) is 0.713. The van der Waals surface area contributed by atoms with Crippen molar-refractivity contribution in [2.75, 3.05) is 18.9 Å². The number of likely N-dealkylation sites (N-methyl/N-ethyl adjacent to an activating group) is 1. The lowest BCUT2D eigenvalue weighted by Crippen LogP contribution is -2.50. The van der Waals surface area contributed by atoms with Crippen molar-refractivity contribution >= 4 is 46.5 Å². The highest BCUT2D eigenvalue weighted by molar-refractivity contribution is 7.12. The Bertz CT molecular complexity index is 1080. The molecule has 1 unspecified atom stereocenters. The zero-order chi connectivity index (χ0) is 25.5. The number of Topliss-reactive ketones (excluding diaryl/α,β-unsaturated/α-hetero) is 1. The Morgan fingerprint density at radius 2 is 1.76 bits per heavy atom. The molecule has 1 aliphatic rings. The van der Waals surface area contributed by atoms with Crippen molar-refractivity contribution in [3.05, 3.63) is 52.2 Å². The summed E-state index contributed by atoms with van der Waals surface area (Å²) in [4.78, 5) is 49.8. The molecule has 1 aromatic heterocycles. The number of thiophene rings is 1. The Hall–Kier alpha value is -3.74. The second-order valence-corrected chi connectivity index (χ2v) is 7.82. The van der Waals surface area contributed by atoms with Gasteiger partial charge in [-0.1, -0.05) is 30.3 Å². The molecule has 2 heterocycles. The number of amides is 1. The molecule has 0 spiro atoms. The van der Waals surface area contributed by atoms with Gasteiger partial charge in [-0.2, -0.15) is 13.2 Å². The molecule has 0 saturated carbocycles. The highest BCUT2D eigenvalue weighted by atomic mass is 32.1. The van der Waals surface area contributed by atoms with E-state index in [9.17, 15) is 27.6 Å². The van der Waals surface area contributed by atoms with Crippen LogP contribution in [0.4, 0.5) is 18.9 Å². The lowest BCUT2D eigenvalue weighted by molar-refractivity contribution is -0.192. The molecule has 1 atom stereocenters. The number of amidine groups is 1. The van der Waals surface area contributed by atoms with Crippen LogP contribution in [-0.4, -0.2) is 70.4 Å². The van der Waals surface area contributed by atoms with E-state index in [2.05, 4.69) is 22.4 Å². The van der Waals surface area contributed by atoms with Crippen LogP contribution in [0.1, 0.15) is 16.9 Å². The second-order valence-electron chi connectivity index (χ2n) is 6.90. The Morgan fingerprint density at radius 3 is 2.32 bits per heavy atom. The number of carboxylic acids is 2. The lowest BCUT2D eigenvalue weighted by atomic mass is 10.1. The number of nitrogens with one attached hydrogen (secondary N) is 1. The van der Waals surface area contributed by atoms with Gasteiger partial charge in [0.25, 0.3) is 11.7 Å². The molecule has 0 radical (unpaired) electrons. The number of ketones is 1. The molecule has 182 valence electrons. The molecule has 0 bridgehead atoms. The van der Waals surface area contributed by atoms with Gasteiger partial charge in [0.15, 0.2) is 5.84 Å². The first-order chi connectivity index (χ1) is 15.9. The number of aliphatic carboxylic acids is 2. The molecular weight excluding hydrogens is 479 g/mol. The van der Waals surface area contributed by atoms with Crippen LogP contribution in [0.15, 0.2) is 46.8 Å². The number of hydrogen-bond donors (Lipinski definition) is 3. The number of carbonyl (C=O) groups is 4. The SMILES string of the molecule is CN1C(=O)C(=O)C(C(=O)O)N=C1c1sccc1NCCCc1ccccc1.O=C(O)C(F)(F)F. The Morgan fingerprint density at radius 1 is 1.15 bits per heavy atom. The molecule has 1 aliphatic heterocycles. The fraction of sp³-hybridized carbons (Fsp3) is 0.286. The summed E-state index contributed by atoms with van der Waals surface area (Å²) in [5.74, 6) is -5.87. The number of carboxylic acid groups (broad SMARTS) is 2. The first-order valence-electron chi connectivity index (χ1n) is 9.71. The molecule has 2 aromatic rings. The topological polar surface area (TPSA) is 136 Å². The van der Waals surface area contributed by atoms with Crippen LogP contribution in [0.5, 0.6) is 0 Å². The van der Waals surface area contributed by atoms with Gasteiger partial charge in [-0.3, -0.25) is 14.5 Å². The van der Waals surface area contributed by atoms with Crippen LogP contribution in [0.25, 0.3) is 0 Å². The van der Waals surface area contributed by atoms with Gasteiger partial charge in [-0.05, 0) is 29.9 Å². The van der Waals surface area contributed by atoms with E-state index in [0.29, 0.717) is 11.4 Å². The Labute approximate surface area is 195 Å². The number of alkyl halides is 3. The van der Waals surface area contributed by atoms with Crippen molar-refractivity contribution in [3.8, 4) is 0 Å². The maximum absolute atomic E-state index is 12.1. The smallest absolute Gasteiger partial charge is 0.479 e. The van der Waals surface area contributed by atoms with Gasteiger partial charge < -0.3 is 15.5 Å². The zero-order valence-electron chi connectivity index (χ0n) is 17.7. The minimum Gasteiger partial charge on any atom is -0.479 e. The van der Waals surface area contributed by atoms with E-state index in [-0.39, 0.29) is 5.84 Å². The standard InChI is InChI=1S/C19H19N3O4S.C2HF3O2/c1-22-17(21-14(19(25)26)15(23)18(22)24)16-13(9-11-27-16)20-10-5-8-12-6-3-2-4-7-12;3-2(4,5)1(6)7/h2-4,6-7,9,11,14,20H,5,8,10H2,1H3,(H,25,26);(H,6,7). The van der Waals surface area contributed by atoms with Gasteiger partial charge in [-0.15, -0.1) is 11.3 Å².